The maximum Gasteiger partial charge on any atom is 0.233 e. The largest absolute Gasteiger partial charge is 0.349 e. The maximum absolute atomic E-state index is 12.4. The van der Waals surface area contributed by atoms with E-state index in [1.54, 1.807) is 11.3 Å². The van der Waals surface area contributed by atoms with Crippen molar-refractivity contribution < 1.29 is 4.79 Å². The fourth-order valence-electron chi connectivity index (χ4n) is 2.36. The molecule has 2 atom stereocenters. The first-order valence-corrected chi connectivity index (χ1v) is 9.83. The van der Waals surface area contributed by atoms with Crippen LogP contribution in [0, 0.1) is 0 Å². The molecule has 5 nitrogen and oxygen atoms in total. The molecule has 3 rings (SSSR count). The van der Waals surface area contributed by atoms with E-state index in [2.05, 4.69) is 26.6 Å². The smallest absolute Gasteiger partial charge is 0.233 e. The first kappa shape index (κ1) is 17.7. The van der Waals surface area contributed by atoms with Crippen LogP contribution in [-0.2, 0) is 11.2 Å². The van der Waals surface area contributed by atoms with Gasteiger partial charge in [0.25, 0.3) is 0 Å². The van der Waals surface area contributed by atoms with Gasteiger partial charge in [0, 0.05) is 11.3 Å². The zero-order chi connectivity index (χ0) is 17.6. The van der Waals surface area contributed by atoms with E-state index in [4.69, 9.17) is 0 Å². The minimum Gasteiger partial charge on any atom is -0.349 e. The Kier molecular flexibility index (Phi) is 5.88. The van der Waals surface area contributed by atoms with Crippen LogP contribution < -0.4 is 5.32 Å². The molecule has 0 aliphatic heterocycles. The van der Waals surface area contributed by atoms with Gasteiger partial charge in [0.05, 0.1) is 11.3 Å². The number of carbonyl (C=O) groups is 1. The van der Waals surface area contributed by atoms with E-state index >= 15 is 0 Å². The number of aromatic amines is 1. The highest BCUT2D eigenvalue weighted by atomic mass is 32.2. The van der Waals surface area contributed by atoms with Gasteiger partial charge in [-0.05, 0) is 30.9 Å². The number of rotatable bonds is 7. The number of carbonyl (C=O) groups excluding carboxylic acids is 1. The molecule has 3 aromatic rings. The molecule has 0 aliphatic carbocycles. The summed E-state index contributed by atoms with van der Waals surface area (Å²) in [5.41, 5.74) is 1.09. The van der Waals surface area contributed by atoms with Gasteiger partial charge in [0.15, 0.2) is 0 Å². The van der Waals surface area contributed by atoms with Crippen molar-refractivity contribution in [3.63, 3.8) is 0 Å². The summed E-state index contributed by atoms with van der Waals surface area (Å²) < 4.78 is 0. The Hall–Kier alpha value is -2.12. The van der Waals surface area contributed by atoms with E-state index in [1.807, 2.05) is 55.6 Å². The number of amides is 1. The predicted octanol–water partition coefficient (Wildman–Crippen LogP) is 3.82. The molecule has 0 aliphatic rings. The summed E-state index contributed by atoms with van der Waals surface area (Å²) in [6.07, 6.45) is 0.733. The zero-order valence-electron chi connectivity index (χ0n) is 14.1. The Morgan fingerprint density at radius 1 is 1.24 bits per heavy atom. The van der Waals surface area contributed by atoms with Gasteiger partial charge >= 0.3 is 0 Å². The van der Waals surface area contributed by atoms with Crippen LogP contribution >= 0.6 is 23.1 Å². The van der Waals surface area contributed by atoms with Crippen LogP contribution in [-0.4, -0.2) is 26.3 Å². The SMILES string of the molecule is CC(Sc1n[nH]c(Cc2cccs2)n1)C(=O)NC(C)c1ccccc1. The van der Waals surface area contributed by atoms with Crippen LogP contribution in [0.3, 0.4) is 0 Å². The highest BCUT2D eigenvalue weighted by molar-refractivity contribution is 8.00. The molecule has 0 saturated heterocycles. The summed E-state index contributed by atoms with van der Waals surface area (Å²) in [5.74, 6) is 0.793. The molecule has 25 heavy (non-hydrogen) atoms. The minimum atomic E-state index is -0.267. The Bertz CT molecular complexity index is 802. The lowest BCUT2D eigenvalue weighted by Gasteiger charge is -2.16. The molecular weight excluding hydrogens is 352 g/mol. The third-order valence-corrected chi connectivity index (χ3v) is 5.58. The average molecular weight is 373 g/mol. The predicted molar refractivity (Wildman–Crippen MR) is 102 cm³/mol. The van der Waals surface area contributed by atoms with Crippen LogP contribution in [0.4, 0.5) is 0 Å². The second-order valence-corrected chi connectivity index (χ2v) is 8.06. The van der Waals surface area contributed by atoms with E-state index in [0.717, 1.165) is 17.8 Å². The van der Waals surface area contributed by atoms with Crippen molar-refractivity contribution in [1.29, 1.82) is 0 Å². The Morgan fingerprint density at radius 3 is 2.76 bits per heavy atom. The van der Waals surface area contributed by atoms with E-state index < -0.39 is 0 Å². The molecule has 2 N–H and O–H groups in total. The third kappa shape index (κ3) is 4.93. The van der Waals surface area contributed by atoms with Gasteiger partial charge in [-0.1, -0.05) is 48.2 Å². The zero-order valence-corrected chi connectivity index (χ0v) is 15.7. The summed E-state index contributed by atoms with van der Waals surface area (Å²) in [4.78, 5) is 18.1. The second-order valence-electron chi connectivity index (χ2n) is 5.72. The quantitative estimate of drug-likeness (QED) is 0.619. The molecule has 7 heteroatoms. The van der Waals surface area contributed by atoms with Gasteiger partial charge in [-0.2, -0.15) is 0 Å². The van der Waals surface area contributed by atoms with Gasteiger partial charge in [-0.3, -0.25) is 9.89 Å². The van der Waals surface area contributed by atoms with E-state index in [-0.39, 0.29) is 17.2 Å². The highest BCUT2D eigenvalue weighted by Gasteiger charge is 2.19. The van der Waals surface area contributed by atoms with Crippen LogP contribution in [0.1, 0.15) is 36.2 Å². The average Bonchev–Trinajstić information content (AvgIpc) is 3.28. The summed E-state index contributed by atoms with van der Waals surface area (Å²) >= 11 is 3.05. The van der Waals surface area contributed by atoms with Gasteiger partial charge in [0.2, 0.25) is 11.1 Å². The van der Waals surface area contributed by atoms with Gasteiger partial charge in [0.1, 0.15) is 5.82 Å². The molecule has 2 aromatic heterocycles. The number of thiophene rings is 1. The third-order valence-electron chi connectivity index (χ3n) is 3.74. The normalized spacial score (nSPS) is 13.4. The van der Waals surface area contributed by atoms with Crippen molar-refractivity contribution in [2.24, 2.45) is 0 Å². The maximum atomic E-state index is 12.4. The molecular formula is C18H20N4OS2. The molecule has 0 bridgehead atoms. The van der Waals surface area contributed by atoms with Crippen molar-refractivity contribution in [1.82, 2.24) is 20.5 Å². The molecule has 2 heterocycles. The molecule has 0 radical (unpaired) electrons. The number of benzene rings is 1. The number of aromatic nitrogens is 3. The fraction of sp³-hybridized carbons (Fsp3) is 0.278. The van der Waals surface area contributed by atoms with Crippen LogP contribution in [0.25, 0.3) is 0 Å². The van der Waals surface area contributed by atoms with Crippen LogP contribution in [0.15, 0.2) is 53.0 Å². The number of thioether (sulfide) groups is 1. The molecule has 1 amide bonds. The second kappa shape index (κ2) is 8.31. The van der Waals surface area contributed by atoms with Gasteiger partial charge < -0.3 is 5.32 Å². The first-order chi connectivity index (χ1) is 12.1. The van der Waals surface area contributed by atoms with Crippen molar-refractivity contribution in [2.45, 2.75) is 36.7 Å². The Balaban J connectivity index is 1.54. The molecule has 0 saturated carbocycles. The number of hydrogen-bond donors (Lipinski definition) is 2. The monoisotopic (exact) mass is 372 g/mol. The van der Waals surface area contributed by atoms with E-state index in [9.17, 15) is 4.79 Å². The van der Waals surface area contributed by atoms with Crippen LogP contribution in [0.2, 0.25) is 0 Å². The fourth-order valence-corrected chi connectivity index (χ4v) is 3.82. The number of hydrogen-bond acceptors (Lipinski definition) is 5. The van der Waals surface area contributed by atoms with Crippen molar-refractivity contribution in [3.8, 4) is 0 Å². The number of H-pyrrole nitrogens is 1. The van der Waals surface area contributed by atoms with Crippen molar-refractivity contribution >= 4 is 29.0 Å². The van der Waals surface area contributed by atoms with Gasteiger partial charge in [-0.25, -0.2) is 4.98 Å². The summed E-state index contributed by atoms with van der Waals surface area (Å²) in [6.45, 7) is 3.85. The molecule has 2 unspecified atom stereocenters. The lowest BCUT2D eigenvalue weighted by Crippen LogP contribution is -2.33. The van der Waals surface area contributed by atoms with E-state index in [0.29, 0.717) is 5.16 Å². The first-order valence-electron chi connectivity index (χ1n) is 8.07. The van der Waals surface area contributed by atoms with Crippen molar-refractivity contribution in [2.75, 3.05) is 0 Å². The van der Waals surface area contributed by atoms with Crippen LogP contribution in [0.5, 0.6) is 0 Å². The Labute approximate surface area is 155 Å². The molecule has 0 fully saturated rings. The Morgan fingerprint density at radius 2 is 2.04 bits per heavy atom. The number of nitrogens with one attached hydrogen (secondary N) is 2. The topological polar surface area (TPSA) is 70.7 Å². The summed E-state index contributed by atoms with van der Waals surface area (Å²) in [6, 6.07) is 14.0. The standard InChI is InChI=1S/C18H20N4OS2/c1-12(14-7-4-3-5-8-14)19-17(23)13(2)25-18-20-16(21-22-18)11-15-9-6-10-24-15/h3-10,12-13H,11H2,1-2H3,(H,19,23)(H,20,21,22). The van der Waals surface area contributed by atoms with Gasteiger partial charge in [-0.15, -0.1) is 16.4 Å². The highest BCUT2D eigenvalue weighted by Crippen LogP contribution is 2.21. The minimum absolute atomic E-state index is 0.0223. The molecule has 1 aromatic carbocycles. The summed E-state index contributed by atoms with van der Waals surface area (Å²) in [7, 11) is 0. The lowest BCUT2D eigenvalue weighted by atomic mass is 10.1. The summed E-state index contributed by atoms with van der Waals surface area (Å²) in [5, 5.41) is 12.6. The van der Waals surface area contributed by atoms with Crippen molar-refractivity contribution in [3.05, 3.63) is 64.1 Å². The number of nitrogens with zero attached hydrogens (tertiary/aromatic N) is 2. The lowest BCUT2D eigenvalue weighted by molar-refractivity contribution is -0.120. The van der Waals surface area contributed by atoms with E-state index in [1.165, 1.54) is 16.6 Å². The molecule has 0 spiro atoms. The molecule has 130 valence electrons.